The van der Waals surface area contributed by atoms with Crippen molar-refractivity contribution in [1.29, 1.82) is 0 Å². The number of halogens is 4. The molecular weight excluding hydrogens is 1250 g/mol. The van der Waals surface area contributed by atoms with E-state index < -0.39 is 0 Å². The number of hydrogen-bond donors (Lipinski definition) is 0. The Morgan fingerprint density at radius 1 is 0.250 bits per heavy atom. The summed E-state index contributed by atoms with van der Waals surface area (Å²) in [5.41, 5.74) is 14.7. The van der Waals surface area contributed by atoms with Crippen LogP contribution < -0.4 is 0 Å². The molecular formula is C68H44Br4N8. The Bertz CT molecular complexity index is 4260. The summed E-state index contributed by atoms with van der Waals surface area (Å²) < 4.78 is 13.3. The van der Waals surface area contributed by atoms with E-state index in [0.29, 0.717) is 0 Å². The largest absolute Gasteiger partial charge is 0.308 e. The second-order valence-corrected chi connectivity index (χ2v) is 22.2. The molecule has 0 amide bonds. The average Bonchev–Trinajstić information content (AvgIpc) is 4.32. The standard InChI is InChI=1S/4C17H11BrN2/c18-15-10-4-8-13-14-9-5-11-19-17(14)20(16(13)15)12-6-2-1-3-7-12;18-14-9-4-8-13-16-15(10-5-11-19-16)20(17(13)14)12-6-2-1-3-7-12;18-15-8-4-7-14-13-9-10-19-11-16(13)20(17(14)15)12-5-2-1-3-6-12;18-15-8-4-7-13-14-11-19-10-9-16(14)20(17(13)15)12-5-2-1-3-6-12/h4*1-11H. The summed E-state index contributed by atoms with van der Waals surface area (Å²) in [5.74, 6) is 0. The van der Waals surface area contributed by atoms with E-state index >= 15 is 0 Å². The van der Waals surface area contributed by atoms with Crippen LogP contribution >= 0.6 is 63.7 Å². The minimum absolute atomic E-state index is 0.987. The molecule has 0 atom stereocenters. The van der Waals surface area contributed by atoms with Crippen molar-refractivity contribution in [3.8, 4) is 22.7 Å². The lowest BCUT2D eigenvalue weighted by Crippen LogP contribution is -1.95. The van der Waals surface area contributed by atoms with Crippen LogP contribution in [0, 0.1) is 0 Å². The van der Waals surface area contributed by atoms with Gasteiger partial charge in [-0.1, -0.05) is 121 Å². The third kappa shape index (κ3) is 9.27. The summed E-state index contributed by atoms with van der Waals surface area (Å²) in [5, 5.41) is 8.40. The Morgan fingerprint density at radius 3 is 1.21 bits per heavy atom. The molecule has 8 nitrogen and oxygen atoms in total. The normalized spacial score (nSPS) is 11.2. The summed E-state index contributed by atoms with van der Waals surface area (Å²) >= 11 is 14.7. The first-order valence-corrected chi connectivity index (χ1v) is 29.0. The number of hydrogen-bond acceptors (Lipinski definition) is 4. The van der Waals surface area contributed by atoms with Crippen LogP contribution in [-0.4, -0.2) is 38.2 Å². The van der Waals surface area contributed by atoms with Crippen molar-refractivity contribution in [2.45, 2.75) is 0 Å². The minimum Gasteiger partial charge on any atom is -0.308 e. The third-order valence-corrected chi connectivity index (χ3v) is 16.7. The molecule has 0 bridgehead atoms. The summed E-state index contributed by atoms with van der Waals surface area (Å²) in [7, 11) is 0. The Kier molecular flexibility index (Phi) is 14.2. The minimum atomic E-state index is 0.987. The van der Waals surface area contributed by atoms with Crippen molar-refractivity contribution in [3.05, 3.63) is 286 Å². The zero-order valence-electron chi connectivity index (χ0n) is 42.5. The van der Waals surface area contributed by atoms with Gasteiger partial charge >= 0.3 is 0 Å². The molecule has 12 heteroatoms. The maximum atomic E-state index is 4.58. The number of benzene rings is 8. The lowest BCUT2D eigenvalue weighted by Gasteiger charge is -2.08. The Hall–Kier alpha value is -8.52. The third-order valence-electron chi connectivity index (χ3n) is 14.1. The van der Waals surface area contributed by atoms with E-state index in [2.05, 4.69) is 284 Å². The highest BCUT2D eigenvalue weighted by molar-refractivity contribution is 9.11. The SMILES string of the molecule is Brc1cccc2c3cccnc3n(-c3ccccc3)c12.Brc1cccc2c3ccncc3n(-c3ccccc3)c12.Brc1cccc2c3cnccc3n(-c3ccccc3)c12.Brc1cccc2c3ncccc3n(-c3ccccc3)c12. The van der Waals surface area contributed by atoms with Gasteiger partial charge in [0.2, 0.25) is 0 Å². The molecule has 0 fully saturated rings. The zero-order valence-corrected chi connectivity index (χ0v) is 48.8. The van der Waals surface area contributed by atoms with Gasteiger partial charge in [-0.2, -0.15) is 0 Å². The van der Waals surface area contributed by atoms with Crippen LogP contribution in [-0.2, 0) is 0 Å². The first-order chi connectivity index (χ1) is 39.4. The number of para-hydroxylation sites is 8. The zero-order chi connectivity index (χ0) is 54.1. The topological polar surface area (TPSA) is 71.3 Å². The maximum absolute atomic E-state index is 4.58. The molecule has 0 spiro atoms. The molecule has 0 unspecified atom stereocenters. The Balaban J connectivity index is 0.000000101. The molecule has 0 saturated carbocycles. The van der Waals surface area contributed by atoms with Gasteiger partial charge in [-0.05, 0) is 173 Å². The van der Waals surface area contributed by atoms with Gasteiger partial charge in [-0.15, -0.1) is 0 Å². The van der Waals surface area contributed by atoms with Gasteiger partial charge in [0.15, 0.2) is 0 Å². The molecule has 8 heterocycles. The van der Waals surface area contributed by atoms with E-state index in [1.807, 2.05) is 85.7 Å². The molecule has 0 radical (unpaired) electrons. The number of aromatic nitrogens is 8. The predicted octanol–water partition coefficient (Wildman–Crippen LogP) is 19.8. The fourth-order valence-corrected chi connectivity index (χ4v) is 13.0. The van der Waals surface area contributed by atoms with Gasteiger partial charge in [-0.3, -0.25) is 19.5 Å². The quantitative estimate of drug-likeness (QED) is 0.176. The summed E-state index contributed by atoms with van der Waals surface area (Å²) in [4.78, 5) is 17.7. The van der Waals surface area contributed by atoms with E-state index in [0.717, 1.165) is 73.9 Å². The van der Waals surface area contributed by atoms with Gasteiger partial charge < -0.3 is 13.7 Å². The molecule has 0 aliphatic carbocycles. The van der Waals surface area contributed by atoms with Gasteiger partial charge in [0.25, 0.3) is 0 Å². The van der Waals surface area contributed by atoms with Crippen LogP contribution in [0.1, 0.15) is 0 Å². The van der Waals surface area contributed by atoms with Crippen LogP contribution in [0.3, 0.4) is 0 Å². The molecule has 0 aliphatic rings. The molecule has 16 rings (SSSR count). The molecule has 80 heavy (non-hydrogen) atoms. The molecule has 384 valence electrons. The van der Waals surface area contributed by atoms with Crippen LogP contribution in [0.5, 0.6) is 0 Å². The second-order valence-electron chi connectivity index (χ2n) is 18.8. The van der Waals surface area contributed by atoms with E-state index in [4.69, 9.17) is 0 Å². The monoisotopic (exact) mass is 1290 g/mol. The average molecular weight is 1290 g/mol. The number of fused-ring (bicyclic) bond motifs is 12. The summed E-state index contributed by atoms with van der Waals surface area (Å²) in [6.45, 7) is 0. The van der Waals surface area contributed by atoms with Crippen LogP contribution in [0.2, 0.25) is 0 Å². The highest BCUT2D eigenvalue weighted by atomic mass is 79.9. The van der Waals surface area contributed by atoms with Crippen LogP contribution in [0.4, 0.5) is 0 Å². The molecule has 0 N–H and O–H groups in total. The molecule has 16 aromatic rings. The van der Waals surface area contributed by atoms with E-state index in [-0.39, 0.29) is 0 Å². The lowest BCUT2D eigenvalue weighted by molar-refractivity contribution is 1.13. The number of nitrogens with zero attached hydrogens (tertiary/aromatic N) is 8. The van der Waals surface area contributed by atoms with Gasteiger partial charge in [-0.25, -0.2) is 4.98 Å². The van der Waals surface area contributed by atoms with E-state index in [1.54, 1.807) is 0 Å². The molecule has 0 aliphatic heterocycles. The molecule has 0 saturated heterocycles. The van der Waals surface area contributed by atoms with Crippen molar-refractivity contribution in [3.63, 3.8) is 0 Å². The van der Waals surface area contributed by atoms with Crippen LogP contribution in [0.15, 0.2) is 286 Å². The Morgan fingerprint density at radius 2 is 0.650 bits per heavy atom. The fourth-order valence-electron chi connectivity index (χ4n) is 10.8. The van der Waals surface area contributed by atoms with Crippen molar-refractivity contribution < 1.29 is 0 Å². The smallest absolute Gasteiger partial charge is 0.145 e. The van der Waals surface area contributed by atoms with Gasteiger partial charge in [0.1, 0.15) is 5.65 Å². The van der Waals surface area contributed by atoms with Crippen molar-refractivity contribution in [1.82, 2.24) is 38.2 Å². The summed E-state index contributed by atoms with van der Waals surface area (Å²) in [6.07, 6.45) is 11.2. The van der Waals surface area contributed by atoms with Crippen LogP contribution in [0.25, 0.3) is 110 Å². The summed E-state index contributed by atoms with van der Waals surface area (Å²) in [6, 6.07) is 78.9. The lowest BCUT2D eigenvalue weighted by atomic mass is 10.2. The highest BCUT2D eigenvalue weighted by Gasteiger charge is 2.18. The molecule has 8 aromatic heterocycles. The predicted molar refractivity (Wildman–Crippen MR) is 345 cm³/mol. The first-order valence-electron chi connectivity index (χ1n) is 25.8. The van der Waals surface area contributed by atoms with Gasteiger partial charge in [0, 0.05) is 109 Å². The molecule has 8 aromatic carbocycles. The number of rotatable bonds is 4. The highest BCUT2D eigenvalue weighted by Crippen LogP contribution is 2.39. The Labute approximate surface area is 493 Å². The van der Waals surface area contributed by atoms with Crippen molar-refractivity contribution in [2.75, 3.05) is 0 Å². The first kappa shape index (κ1) is 51.0. The number of pyridine rings is 4. The maximum Gasteiger partial charge on any atom is 0.145 e. The van der Waals surface area contributed by atoms with E-state index in [1.165, 1.54) is 54.3 Å². The fraction of sp³-hybridized carbons (Fsp3) is 0. The van der Waals surface area contributed by atoms with Crippen molar-refractivity contribution in [2.24, 2.45) is 0 Å². The second kappa shape index (κ2) is 22.3. The van der Waals surface area contributed by atoms with E-state index in [9.17, 15) is 0 Å². The van der Waals surface area contributed by atoms with Crippen molar-refractivity contribution >= 4 is 151 Å². The van der Waals surface area contributed by atoms with Gasteiger partial charge in [0.05, 0.1) is 50.3 Å².